The second-order valence-corrected chi connectivity index (χ2v) is 3.78. The Hall–Kier alpha value is 0.310. The van der Waals surface area contributed by atoms with Gasteiger partial charge in [-0.15, -0.1) is 0 Å². The zero-order valence-electron chi connectivity index (χ0n) is 6.92. The molecule has 3 nitrogen and oxygen atoms in total. The summed E-state index contributed by atoms with van der Waals surface area (Å²) in [7, 11) is 2.75. The van der Waals surface area contributed by atoms with Crippen LogP contribution in [0.25, 0.3) is 0 Å². The Balaban J connectivity index is 2.07. The molecule has 0 saturated carbocycles. The van der Waals surface area contributed by atoms with E-state index in [4.69, 9.17) is 5.73 Å². The molecule has 0 aromatic carbocycles. The van der Waals surface area contributed by atoms with E-state index >= 15 is 0 Å². The van der Waals surface area contributed by atoms with Gasteiger partial charge in [-0.3, -0.25) is 4.67 Å². The maximum absolute atomic E-state index is 5.40. The normalized spacial score (nSPS) is 22.4. The van der Waals surface area contributed by atoms with Crippen LogP contribution in [-0.2, 0) is 0 Å². The summed E-state index contributed by atoms with van der Waals surface area (Å²) in [5, 5.41) is 3.43. The highest BCUT2D eigenvalue weighted by atomic mass is 31.0. The van der Waals surface area contributed by atoms with Crippen LogP contribution in [0.4, 0.5) is 0 Å². The molecule has 0 aromatic heterocycles. The zero-order chi connectivity index (χ0) is 8.10. The standard InChI is InChI=1S/C7H18N3P/c8-3-4-9-7-1-5-10(11)6-2-7/h7,9H,1-6,8,11H2. The van der Waals surface area contributed by atoms with E-state index in [0.717, 1.165) is 13.1 Å². The van der Waals surface area contributed by atoms with Crippen LogP contribution in [0.5, 0.6) is 0 Å². The zero-order valence-corrected chi connectivity index (χ0v) is 8.08. The molecule has 66 valence electrons. The summed E-state index contributed by atoms with van der Waals surface area (Å²) in [6, 6.07) is 0.704. The molecule has 1 unspecified atom stereocenters. The first-order chi connectivity index (χ1) is 5.33. The molecule has 0 aliphatic carbocycles. The fraction of sp³-hybridized carbons (Fsp3) is 1.00. The van der Waals surface area contributed by atoms with Gasteiger partial charge in [-0.1, -0.05) is 9.39 Å². The van der Waals surface area contributed by atoms with Gasteiger partial charge in [0.2, 0.25) is 0 Å². The molecule has 0 radical (unpaired) electrons. The van der Waals surface area contributed by atoms with E-state index in [1.165, 1.54) is 25.9 Å². The van der Waals surface area contributed by atoms with Gasteiger partial charge >= 0.3 is 0 Å². The number of nitrogens with one attached hydrogen (secondary N) is 1. The van der Waals surface area contributed by atoms with Gasteiger partial charge in [-0.05, 0) is 12.8 Å². The molecule has 1 fully saturated rings. The van der Waals surface area contributed by atoms with Gasteiger partial charge in [-0.2, -0.15) is 0 Å². The van der Waals surface area contributed by atoms with Gasteiger partial charge in [0.25, 0.3) is 0 Å². The van der Waals surface area contributed by atoms with Crippen molar-refractivity contribution in [1.29, 1.82) is 0 Å². The number of rotatable bonds is 3. The number of hydrogen-bond acceptors (Lipinski definition) is 3. The molecule has 0 bridgehead atoms. The van der Waals surface area contributed by atoms with E-state index in [2.05, 4.69) is 19.4 Å². The minimum Gasteiger partial charge on any atom is -0.329 e. The molecule has 11 heavy (non-hydrogen) atoms. The lowest BCUT2D eigenvalue weighted by Gasteiger charge is -2.29. The highest BCUT2D eigenvalue weighted by Crippen LogP contribution is 2.12. The van der Waals surface area contributed by atoms with Gasteiger partial charge in [0, 0.05) is 32.2 Å². The second kappa shape index (κ2) is 5.04. The van der Waals surface area contributed by atoms with Gasteiger partial charge in [0.05, 0.1) is 0 Å². The third-order valence-corrected chi connectivity index (χ3v) is 2.62. The SMILES string of the molecule is NCCNC1CCN(P)CC1. The molecular formula is C7H18N3P. The van der Waals surface area contributed by atoms with Crippen LogP contribution in [-0.4, -0.2) is 36.9 Å². The summed E-state index contributed by atoms with van der Waals surface area (Å²) in [6.45, 7) is 4.09. The smallest absolute Gasteiger partial charge is 0.00921 e. The Bertz CT molecular complexity index is 99.1. The molecule has 0 amide bonds. The van der Waals surface area contributed by atoms with Crippen molar-refractivity contribution >= 4 is 9.39 Å². The summed E-state index contributed by atoms with van der Waals surface area (Å²) in [5.74, 6) is 0. The minimum atomic E-state index is 0.704. The van der Waals surface area contributed by atoms with E-state index in [1.54, 1.807) is 0 Å². The Morgan fingerprint density at radius 3 is 2.64 bits per heavy atom. The van der Waals surface area contributed by atoms with Crippen molar-refractivity contribution < 1.29 is 0 Å². The molecule has 0 aromatic rings. The van der Waals surface area contributed by atoms with E-state index in [0.29, 0.717) is 6.04 Å². The molecule has 1 atom stereocenters. The van der Waals surface area contributed by atoms with E-state index in [9.17, 15) is 0 Å². The largest absolute Gasteiger partial charge is 0.329 e. The fourth-order valence-electron chi connectivity index (χ4n) is 1.39. The van der Waals surface area contributed by atoms with Gasteiger partial charge in [0.15, 0.2) is 0 Å². The van der Waals surface area contributed by atoms with Crippen molar-refractivity contribution in [3.05, 3.63) is 0 Å². The van der Waals surface area contributed by atoms with Crippen LogP contribution in [0.1, 0.15) is 12.8 Å². The molecule has 1 aliphatic heterocycles. The maximum atomic E-state index is 5.40. The minimum absolute atomic E-state index is 0.704. The molecule has 1 saturated heterocycles. The lowest BCUT2D eigenvalue weighted by molar-refractivity contribution is 0.309. The molecule has 3 N–H and O–H groups in total. The predicted molar refractivity (Wildman–Crippen MR) is 51.4 cm³/mol. The van der Waals surface area contributed by atoms with Crippen LogP contribution in [0, 0.1) is 0 Å². The third-order valence-electron chi connectivity index (χ3n) is 2.11. The number of nitrogens with two attached hydrogens (primary N) is 1. The first-order valence-corrected chi connectivity index (χ1v) is 4.77. The monoisotopic (exact) mass is 175 g/mol. The van der Waals surface area contributed by atoms with Gasteiger partial charge in [0.1, 0.15) is 0 Å². The quantitative estimate of drug-likeness (QED) is 0.583. The molecule has 0 spiro atoms. The van der Waals surface area contributed by atoms with Crippen molar-refractivity contribution in [1.82, 2.24) is 9.99 Å². The average molecular weight is 175 g/mol. The summed E-state index contributed by atoms with van der Waals surface area (Å²) in [4.78, 5) is 0. The lowest BCUT2D eigenvalue weighted by atomic mass is 10.1. The van der Waals surface area contributed by atoms with Crippen LogP contribution in [0.2, 0.25) is 0 Å². The summed E-state index contributed by atoms with van der Waals surface area (Å²) >= 11 is 0. The highest BCUT2D eigenvalue weighted by molar-refractivity contribution is 7.13. The lowest BCUT2D eigenvalue weighted by Crippen LogP contribution is -2.40. The number of piperidine rings is 1. The highest BCUT2D eigenvalue weighted by Gasteiger charge is 2.14. The van der Waals surface area contributed by atoms with Crippen molar-refractivity contribution in [3.8, 4) is 0 Å². The second-order valence-electron chi connectivity index (χ2n) is 3.05. The Labute approximate surface area is 71.0 Å². The van der Waals surface area contributed by atoms with Crippen LogP contribution in [0.3, 0.4) is 0 Å². The van der Waals surface area contributed by atoms with Crippen molar-refractivity contribution in [2.45, 2.75) is 18.9 Å². The average Bonchev–Trinajstić information content (AvgIpc) is 2.04. The third kappa shape index (κ3) is 3.48. The molecular weight excluding hydrogens is 157 g/mol. The summed E-state index contributed by atoms with van der Waals surface area (Å²) < 4.78 is 2.29. The van der Waals surface area contributed by atoms with E-state index < -0.39 is 0 Å². The van der Waals surface area contributed by atoms with Crippen molar-refractivity contribution in [3.63, 3.8) is 0 Å². The number of nitrogens with zero attached hydrogens (tertiary/aromatic N) is 1. The van der Waals surface area contributed by atoms with Gasteiger partial charge in [-0.25, -0.2) is 0 Å². The molecule has 1 heterocycles. The Morgan fingerprint density at radius 2 is 2.09 bits per heavy atom. The van der Waals surface area contributed by atoms with Crippen molar-refractivity contribution in [2.24, 2.45) is 5.73 Å². The summed E-state index contributed by atoms with van der Waals surface area (Å²) in [6.07, 6.45) is 2.51. The summed E-state index contributed by atoms with van der Waals surface area (Å²) in [5.41, 5.74) is 5.40. The maximum Gasteiger partial charge on any atom is 0.00921 e. The topological polar surface area (TPSA) is 41.3 Å². The molecule has 1 aliphatic rings. The predicted octanol–water partition coefficient (Wildman–Crippen LogP) is -0.211. The first kappa shape index (κ1) is 9.40. The molecule has 1 rings (SSSR count). The Morgan fingerprint density at radius 1 is 1.45 bits per heavy atom. The van der Waals surface area contributed by atoms with Crippen LogP contribution < -0.4 is 11.1 Å². The van der Waals surface area contributed by atoms with Gasteiger partial charge < -0.3 is 11.1 Å². The fourth-order valence-corrected chi connectivity index (χ4v) is 1.69. The van der Waals surface area contributed by atoms with E-state index in [1.807, 2.05) is 0 Å². The Kier molecular flexibility index (Phi) is 4.31. The van der Waals surface area contributed by atoms with Crippen LogP contribution >= 0.6 is 9.39 Å². The van der Waals surface area contributed by atoms with E-state index in [-0.39, 0.29) is 0 Å². The molecule has 4 heteroatoms. The van der Waals surface area contributed by atoms with Crippen LogP contribution in [0.15, 0.2) is 0 Å². The number of hydrogen-bond donors (Lipinski definition) is 2. The van der Waals surface area contributed by atoms with Crippen molar-refractivity contribution in [2.75, 3.05) is 26.2 Å². The first-order valence-electron chi connectivity index (χ1n) is 4.26.